The third kappa shape index (κ3) is 7.23. The number of fused-ring (bicyclic) bond motifs is 1. The van der Waals surface area contributed by atoms with Gasteiger partial charge in [0, 0.05) is 16.9 Å². The normalized spacial score (nSPS) is 11.1. The zero-order valence-corrected chi connectivity index (χ0v) is 32.6. The predicted octanol–water partition coefficient (Wildman–Crippen LogP) is 16.3. The minimum Gasteiger partial charge on any atom is -0.310 e. The summed E-state index contributed by atoms with van der Waals surface area (Å²) >= 11 is 0. The monoisotopic (exact) mass is 751 g/mol. The van der Waals surface area contributed by atoms with Crippen molar-refractivity contribution in [3.8, 4) is 66.8 Å². The molecule has 10 rings (SSSR count). The Morgan fingerprint density at radius 1 is 0.220 bits per heavy atom. The number of nitrogens with zero attached hydrogens (tertiary/aromatic N) is 1. The van der Waals surface area contributed by atoms with Gasteiger partial charge in [-0.2, -0.15) is 0 Å². The molecule has 0 radical (unpaired) electrons. The van der Waals surface area contributed by atoms with E-state index in [9.17, 15) is 0 Å². The Morgan fingerprint density at radius 2 is 0.678 bits per heavy atom. The fourth-order valence-corrected chi connectivity index (χ4v) is 8.37. The van der Waals surface area contributed by atoms with Gasteiger partial charge < -0.3 is 4.90 Å². The topological polar surface area (TPSA) is 3.24 Å². The number of hydrogen-bond donors (Lipinski definition) is 0. The summed E-state index contributed by atoms with van der Waals surface area (Å²) in [6, 6.07) is 90.0. The summed E-state index contributed by atoms with van der Waals surface area (Å²) < 4.78 is 0. The Balaban J connectivity index is 1.18. The molecular weight excluding hydrogens is 711 g/mol. The summed E-state index contributed by atoms with van der Waals surface area (Å²) in [7, 11) is 0. The van der Waals surface area contributed by atoms with Gasteiger partial charge in [-0.3, -0.25) is 0 Å². The number of benzene rings is 10. The van der Waals surface area contributed by atoms with E-state index in [-0.39, 0.29) is 0 Å². The number of rotatable bonds is 9. The Bertz CT molecular complexity index is 3020. The first-order valence-corrected chi connectivity index (χ1v) is 20.3. The van der Waals surface area contributed by atoms with E-state index in [4.69, 9.17) is 0 Å². The van der Waals surface area contributed by atoms with Gasteiger partial charge in [0.05, 0.1) is 5.69 Å². The highest BCUT2D eigenvalue weighted by Crippen LogP contribution is 2.48. The van der Waals surface area contributed by atoms with Crippen LogP contribution in [0, 0.1) is 0 Å². The van der Waals surface area contributed by atoms with E-state index in [0.29, 0.717) is 0 Å². The smallest absolute Gasteiger partial charge is 0.0546 e. The molecule has 0 atom stereocenters. The summed E-state index contributed by atoms with van der Waals surface area (Å²) in [4.78, 5) is 2.44. The second-order valence-corrected chi connectivity index (χ2v) is 14.9. The van der Waals surface area contributed by atoms with E-state index in [1.54, 1.807) is 0 Å². The second kappa shape index (κ2) is 16.0. The highest BCUT2D eigenvalue weighted by Gasteiger charge is 2.23. The number of hydrogen-bond acceptors (Lipinski definition) is 1. The fraction of sp³-hybridized carbons (Fsp3) is 0. The summed E-state index contributed by atoms with van der Waals surface area (Å²) in [5.74, 6) is 0. The third-order valence-electron chi connectivity index (χ3n) is 11.3. The predicted molar refractivity (Wildman–Crippen MR) is 251 cm³/mol. The quantitative estimate of drug-likeness (QED) is 0.142. The fourth-order valence-electron chi connectivity index (χ4n) is 8.37. The summed E-state index contributed by atoms with van der Waals surface area (Å²) in [6.07, 6.45) is 0. The van der Waals surface area contributed by atoms with Gasteiger partial charge in [0.1, 0.15) is 0 Å². The maximum atomic E-state index is 2.44. The van der Waals surface area contributed by atoms with E-state index in [2.05, 4.69) is 254 Å². The molecule has 0 aliphatic rings. The molecule has 278 valence electrons. The second-order valence-electron chi connectivity index (χ2n) is 14.9. The Morgan fingerprint density at radius 3 is 1.37 bits per heavy atom. The first-order valence-electron chi connectivity index (χ1n) is 20.3. The Kier molecular flexibility index (Phi) is 9.68. The van der Waals surface area contributed by atoms with Crippen LogP contribution in [0.5, 0.6) is 0 Å². The molecule has 59 heavy (non-hydrogen) atoms. The van der Waals surface area contributed by atoms with Crippen molar-refractivity contribution in [2.24, 2.45) is 0 Å². The van der Waals surface area contributed by atoms with Crippen LogP contribution < -0.4 is 4.90 Å². The molecule has 0 heterocycles. The molecular formula is C58H41N. The van der Waals surface area contributed by atoms with Crippen LogP contribution in [0.15, 0.2) is 249 Å². The SMILES string of the molecule is c1ccc(-c2cccc(-c3ccc(N(c4cccc(-c5ccc6ccccc6c5)c4)c4cccc(-c5ccccc5)c4-c4ccccc4-c4ccccc4)cc3)c2)cc1. The van der Waals surface area contributed by atoms with Crippen LogP contribution >= 0.6 is 0 Å². The lowest BCUT2D eigenvalue weighted by Crippen LogP contribution is -2.12. The van der Waals surface area contributed by atoms with Crippen molar-refractivity contribution < 1.29 is 0 Å². The van der Waals surface area contributed by atoms with Crippen molar-refractivity contribution in [3.05, 3.63) is 249 Å². The molecule has 0 bridgehead atoms. The lowest BCUT2D eigenvalue weighted by Gasteiger charge is -2.30. The Hall–Kier alpha value is -7.74. The van der Waals surface area contributed by atoms with Gasteiger partial charge in [-0.05, 0) is 114 Å². The van der Waals surface area contributed by atoms with Gasteiger partial charge >= 0.3 is 0 Å². The molecule has 0 aliphatic carbocycles. The van der Waals surface area contributed by atoms with Crippen molar-refractivity contribution in [1.82, 2.24) is 0 Å². The maximum absolute atomic E-state index is 2.44. The van der Waals surface area contributed by atoms with Crippen molar-refractivity contribution >= 4 is 27.8 Å². The molecule has 0 N–H and O–H groups in total. The average Bonchev–Trinajstić information content (AvgIpc) is 3.32. The van der Waals surface area contributed by atoms with Crippen molar-refractivity contribution in [3.63, 3.8) is 0 Å². The molecule has 0 unspecified atom stereocenters. The van der Waals surface area contributed by atoms with Gasteiger partial charge in [-0.25, -0.2) is 0 Å². The molecule has 0 fully saturated rings. The number of anilines is 3. The standard InChI is InChI=1S/C58H41N/c1-4-17-42(18-5-1)48-25-14-26-49(39-48)44-35-37-52(38-36-44)59(53-28-15-27-50(41-53)51-34-33-43-19-10-11-24-47(43)40-51)57-32-16-31-55(46-22-8-3-9-23-46)58(57)56-30-13-12-29-54(56)45-20-6-2-7-21-45/h1-41H. The average molecular weight is 752 g/mol. The minimum atomic E-state index is 1.08. The van der Waals surface area contributed by atoms with Crippen molar-refractivity contribution in [2.45, 2.75) is 0 Å². The molecule has 0 spiro atoms. The maximum Gasteiger partial charge on any atom is 0.0546 e. The summed E-state index contributed by atoms with van der Waals surface area (Å²) in [6.45, 7) is 0. The zero-order chi connectivity index (χ0) is 39.4. The molecule has 0 saturated carbocycles. The van der Waals surface area contributed by atoms with Gasteiger partial charge in [-0.15, -0.1) is 0 Å². The molecule has 1 nitrogen and oxygen atoms in total. The first kappa shape index (κ1) is 35.7. The van der Waals surface area contributed by atoms with E-state index >= 15 is 0 Å². The molecule has 0 aromatic heterocycles. The summed E-state index contributed by atoms with van der Waals surface area (Å²) in [5.41, 5.74) is 17.5. The third-order valence-corrected chi connectivity index (χ3v) is 11.3. The highest BCUT2D eigenvalue weighted by molar-refractivity contribution is 6.01. The van der Waals surface area contributed by atoms with Crippen LogP contribution in [0.25, 0.3) is 77.5 Å². The van der Waals surface area contributed by atoms with E-state index in [0.717, 1.165) is 22.6 Å². The van der Waals surface area contributed by atoms with Gasteiger partial charge in [0.2, 0.25) is 0 Å². The van der Waals surface area contributed by atoms with Crippen molar-refractivity contribution in [2.75, 3.05) is 4.90 Å². The molecule has 10 aromatic rings. The van der Waals surface area contributed by atoms with Crippen LogP contribution in [0.4, 0.5) is 17.1 Å². The minimum absolute atomic E-state index is 1.08. The van der Waals surface area contributed by atoms with Gasteiger partial charge in [0.25, 0.3) is 0 Å². The lowest BCUT2D eigenvalue weighted by molar-refractivity contribution is 1.28. The summed E-state index contributed by atoms with van der Waals surface area (Å²) in [5, 5.41) is 2.47. The first-order chi connectivity index (χ1) is 29.3. The van der Waals surface area contributed by atoms with Crippen LogP contribution in [0.3, 0.4) is 0 Å². The highest BCUT2D eigenvalue weighted by atomic mass is 15.1. The molecule has 0 aliphatic heterocycles. The zero-order valence-electron chi connectivity index (χ0n) is 32.6. The molecule has 1 heteroatoms. The van der Waals surface area contributed by atoms with E-state index in [1.807, 2.05) is 0 Å². The van der Waals surface area contributed by atoms with Crippen LogP contribution in [-0.2, 0) is 0 Å². The molecule has 10 aromatic carbocycles. The van der Waals surface area contributed by atoms with Crippen molar-refractivity contribution in [1.29, 1.82) is 0 Å². The molecule has 0 saturated heterocycles. The van der Waals surface area contributed by atoms with Crippen LogP contribution in [0.1, 0.15) is 0 Å². The lowest BCUT2D eigenvalue weighted by atomic mass is 9.87. The molecule has 0 amide bonds. The van der Waals surface area contributed by atoms with Crippen LogP contribution in [0.2, 0.25) is 0 Å². The van der Waals surface area contributed by atoms with Crippen LogP contribution in [-0.4, -0.2) is 0 Å². The van der Waals surface area contributed by atoms with Gasteiger partial charge in [0.15, 0.2) is 0 Å². The van der Waals surface area contributed by atoms with Gasteiger partial charge in [-0.1, -0.05) is 206 Å². The van der Waals surface area contributed by atoms with E-state index < -0.39 is 0 Å². The Labute approximate surface area is 346 Å². The van der Waals surface area contributed by atoms with E-state index in [1.165, 1.54) is 72.0 Å². The largest absolute Gasteiger partial charge is 0.310 e.